The average molecular weight is 390 g/mol. The number of halogens is 1. The molecule has 0 spiro atoms. The Hall–Kier alpha value is -1.40. The van der Waals surface area contributed by atoms with Gasteiger partial charge in [-0.15, -0.1) is 0 Å². The molecule has 0 saturated carbocycles. The third kappa shape index (κ3) is 3.66. The van der Waals surface area contributed by atoms with Crippen LogP contribution >= 0.6 is 11.6 Å². The van der Waals surface area contributed by atoms with E-state index in [4.69, 9.17) is 16.3 Å². The minimum Gasteiger partial charge on any atom is -0.485 e. The van der Waals surface area contributed by atoms with E-state index in [2.05, 4.69) is 15.2 Å². The lowest BCUT2D eigenvalue weighted by molar-refractivity contribution is -0.0645. The molecule has 0 bridgehead atoms. The van der Waals surface area contributed by atoms with Crippen LogP contribution in [-0.2, 0) is 0 Å². The number of aromatic nitrogens is 1. The highest BCUT2D eigenvalue weighted by Gasteiger charge is 2.43. The summed E-state index contributed by atoms with van der Waals surface area (Å²) in [5.41, 5.74) is 2.18. The van der Waals surface area contributed by atoms with Gasteiger partial charge in [-0.1, -0.05) is 11.6 Å². The molecule has 2 N–H and O–H groups in total. The summed E-state index contributed by atoms with van der Waals surface area (Å²) in [6, 6.07) is 5.71. The van der Waals surface area contributed by atoms with Gasteiger partial charge in [-0.25, -0.2) is 4.98 Å². The number of nitrogens with one attached hydrogen (secondary N) is 1. The van der Waals surface area contributed by atoms with Crippen molar-refractivity contribution in [1.82, 2.24) is 15.2 Å². The lowest BCUT2D eigenvalue weighted by Crippen LogP contribution is -2.53. The molecule has 1 aromatic heterocycles. The normalized spacial score (nSPS) is 24.8. The van der Waals surface area contributed by atoms with E-state index in [9.17, 15) is 5.11 Å². The highest BCUT2D eigenvalue weighted by Crippen LogP contribution is 2.42. The molecule has 1 aromatic carbocycles. The van der Waals surface area contributed by atoms with E-state index in [0.717, 1.165) is 40.9 Å². The molecular formula is C21H28ClN3O2. The first kappa shape index (κ1) is 18.9. The molecule has 0 aliphatic carbocycles. The number of nitrogens with zero attached hydrogens (tertiary/aromatic N) is 2. The smallest absolute Gasteiger partial charge is 0.131 e. The molecule has 2 aliphatic rings. The minimum atomic E-state index is -0.667. The number of fused-ring (bicyclic) bond motifs is 2. The number of aliphatic hydroxyl groups excluding tert-OH is 1. The highest BCUT2D eigenvalue weighted by molar-refractivity contribution is 6.29. The zero-order chi connectivity index (χ0) is 19.2. The van der Waals surface area contributed by atoms with Crippen molar-refractivity contribution in [2.75, 3.05) is 26.2 Å². The van der Waals surface area contributed by atoms with Crippen LogP contribution in [0.4, 0.5) is 0 Å². The van der Waals surface area contributed by atoms with Crippen LogP contribution in [0.3, 0.4) is 0 Å². The van der Waals surface area contributed by atoms with Crippen molar-refractivity contribution >= 4 is 22.5 Å². The number of aryl methyl sites for hydroxylation is 1. The van der Waals surface area contributed by atoms with Crippen molar-refractivity contribution < 1.29 is 9.84 Å². The maximum Gasteiger partial charge on any atom is 0.131 e. The molecule has 2 unspecified atom stereocenters. The Morgan fingerprint density at radius 1 is 1.30 bits per heavy atom. The lowest BCUT2D eigenvalue weighted by Gasteiger charge is -2.42. The molecule has 5 nitrogen and oxygen atoms in total. The van der Waals surface area contributed by atoms with E-state index in [1.807, 2.05) is 39.0 Å². The van der Waals surface area contributed by atoms with E-state index in [1.54, 1.807) is 0 Å². The Balaban J connectivity index is 1.67. The molecule has 2 atom stereocenters. The van der Waals surface area contributed by atoms with Crippen LogP contribution in [0, 0.1) is 6.92 Å². The second kappa shape index (κ2) is 7.21. The Bertz CT molecular complexity index is 849. The van der Waals surface area contributed by atoms with Crippen LogP contribution in [0.25, 0.3) is 10.9 Å². The van der Waals surface area contributed by atoms with Crippen LogP contribution in [0.15, 0.2) is 18.2 Å². The molecule has 0 amide bonds. The van der Waals surface area contributed by atoms with Gasteiger partial charge < -0.3 is 20.1 Å². The Morgan fingerprint density at radius 3 is 2.78 bits per heavy atom. The van der Waals surface area contributed by atoms with E-state index < -0.39 is 11.7 Å². The summed E-state index contributed by atoms with van der Waals surface area (Å²) in [5, 5.41) is 16.1. The SMILES string of the molecule is Cc1cc(Cl)nc2cc3c(cc12)OC(C)(C)C(O)C3NCCN1CCCC1. The zero-order valence-corrected chi connectivity index (χ0v) is 17.0. The predicted octanol–water partition coefficient (Wildman–Crippen LogP) is 3.46. The Kier molecular flexibility index (Phi) is 5.06. The molecule has 1 saturated heterocycles. The molecule has 0 radical (unpaired) electrons. The molecular weight excluding hydrogens is 362 g/mol. The largest absolute Gasteiger partial charge is 0.485 e. The second-order valence-electron chi connectivity index (χ2n) is 8.30. The van der Waals surface area contributed by atoms with E-state index in [0.29, 0.717) is 5.15 Å². The summed E-state index contributed by atoms with van der Waals surface area (Å²) >= 11 is 6.16. The fraction of sp³-hybridized carbons (Fsp3) is 0.571. The molecule has 2 aliphatic heterocycles. The predicted molar refractivity (Wildman–Crippen MR) is 109 cm³/mol. The summed E-state index contributed by atoms with van der Waals surface area (Å²) < 4.78 is 6.17. The monoisotopic (exact) mass is 389 g/mol. The van der Waals surface area contributed by atoms with Gasteiger partial charge in [0, 0.05) is 24.0 Å². The maximum atomic E-state index is 11.0. The van der Waals surface area contributed by atoms with Crippen molar-refractivity contribution in [3.8, 4) is 5.75 Å². The maximum absolute atomic E-state index is 11.0. The first-order valence-electron chi connectivity index (χ1n) is 9.79. The molecule has 4 rings (SSSR count). The number of pyridine rings is 1. The van der Waals surface area contributed by atoms with Gasteiger partial charge in [0.2, 0.25) is 0 Å². The molecule has 1 fully saturated rings. The number of likely N-dealkylation sites (tertiary alicyclic amines) is 1. The number of hydrogen-bond donors (Lipinski definition) is 2. The quantitative estimate of drug-likeness (QED) is 0.784. The number of ether oxygens (including phenoxy) is 1. The van der Waals surface area contributed by atoms with Crippen molar-refractivity contribution in [2.24, 2.45) is 0 Å². The first-order valence-corrected chi connectivity index (χ1v) is 10.2. The Morgan fingerprint density at radius 2 is 2.04 bits per heavy atom. The first-order chi connectivity index (χ1) is 12.8. The zero-order valence-electron chi connectivity index (χ0n) is 16.3. The topological polar surface area (TPSA) is 57.6 Å². The van der Waals surface area contributed by atoms with Gasteiger partial charge in [0.05, 0.1) is 11.6 Å². The lowest BCUT2D eigenvalue weighted by atomic mass is 9.85. The van der Waals surface area contributed by atoms with Gasteiger partial charge >= 0.3 is 0 Å². The minimum absolute atomic E-state index is 0.197. The highest BCUT2D eigenvalue weighted by atomic mass is 35.5. The van der Waals surface area contributed by atoms with Crippen LogP contribution in [0.1, 0.15) is 43.9 Å². The Labute approximate surface area is 165 Å². The fourth-order valence-corrected chi connectivity index (χ4v) is 4.50. The summed E-state index contributed by atoms with van der Waals surface area (Å²) in [5.74, 6) is 0.809. The van der Waals surface area contributed by atoms with Crippen molar-refractivity contribution in [3.05, 3.63) is 34.5 Å². The number of benzene rings is 1. The van der Waals surface area contributed by atoms with Crippen molar-refractivity contribution in [1.29, 1.82) is 0 Å². The van der Waals surface area contributed by atoms with Crippen LogP contribution in [-0.4, -0.2) is 52.9 Å². The molecule has 6 heteroatoms. The molecule has 146 valence electrons. The average Bonchev–Trinajstić information content (AvgIpc) is 3.11. The van der Waals surface area contributed by atoms with Gasteiger partial charge in [-0.2, -0.15) is 0 Å². The van der Waals surface area contributed by atoms with Crippen molar-refractivity contribution in [2.45, 2.75) is 51.4 Å². The fourth-order valence-electron chi connectivity index (χ4n) is 4.25. The van der Waals surface area contributed by atoms with Crippen LogP contribution in [0.2, 0.25) is 5.15 Å². The number of hydrogen-bond acceptors (Lipinski definition) is 5. The third-order valence-electron chi connectivity index (χ3n) is 5.84. The van der Waals surface area contributed by atoms with Crippen molar-refractivity contribution in [3.63, 3.8) is 0 Å². The summed E-state index contributed by atoms with van der Waals surface area (Å²) in [4.78, 5) is 6.94. The second-order valence-corrected chi connectivity index (χ2v) is 8.69. The van der Waals surface area contributed by atoms with Gasteiger partial charge in [0.25, 0.3) is 0 Å². The molecule has 27 heavy (non-hydrogen) atoms. The standard InChI is InChI=1S/C21H28ClN3O2/c1-13-10-18(22)24-16-11-15-17(12-14(13)16)27-21(2,3)20(26)19(15)23-6-9-25-7-4-5-8-25/h10-12,19-20,23,26H,4-9H2,1-3H3. The van der Waals surface area contributed by atoms with Crippen LogP contribution in [0.5, 0.6) is 5.75 Å². The summed E-state index contributed by atoms with van der Waals surface area (Å²) in [6.07, 6.45) is 1.92. The van der Waals surface area contributed by atoms with Crippen LogP contribution < -0.4 is 10.1 Å². The van der Waals surface area contributed by atoms with Gasteiger partial charge in [0.1, 0.15) is 22.6 Å². The van der Waals surface area contributed by atoms with Gasteiger partial charge in [0.15, 0.2) is 0 Å². The van der Waals surface area contributed by atoms with Gasteiger partial charge in [-0.3, -0.25) is 0 Å². The van der Waals surface area contributed by atoms with Gasteiger partial charge in [-0.05, 0) is 70.5 Å². The van der Waals surface area contributed by atoms with E-state index >= 15 is 0 Å². The number of rotatable bonds is 4. The third-order valence-corrected chi connectivity index (χ3v) is 6.04. The van der Waals surface area contributed by atoms with E-state index in [1.165, 1.54) is 25.9 Å². The molecule has 3 heterocycles. The van der Waals surface area contributed by atoms with E-state index in [-0.39, 0.29) is 6.04 Å². The number of aliphatic hydroxyl groups is 1. The molecule has 2 aromatic rings. The summed E-state index contributed by atoms with van der Waals surface area (Å²) in [7, 11) is 0. The summed E-state index contributed by atoms with van der Waals surface area (Å²) in [6.45, 7) is 10.1.